The topological polar surface area (TPSA) is 57.6 Å². The highest BCUT2D eigenvalue weighted by Gasteiger charge is 2.23. The van der Waals surface area contributed by atoms with E-state index in [0.717, 1.165) is 36.6 Å². The fourth-order valence-electron chi connectivity index (χ4n) is 2.47. The summed E-state index contributed by atoms with van der Waals surface area (Å²) >= 11 is 0. The molecule has 1 fully saturated rings. The van der Waals surface area contributed by atoms with Crippen LogP contribution in [0.2, 0.25) is 0 Å². The number of nitrogens with zero attached hydrogens (tertiary/aromatic N) is 1. The highest BCUT2D eigenvalue weighted by Crippen LogP contribution is 2.25. The first-order valence-corrected chi connectivity index (χ1v) is 6.88. The van der Waals surface area contributed by atoms with Crippen LogP contribution in [0.1, 0.15) is 43.4 Å². The molecular formula is C16H19NO3. The summed E-state index contributed by atoms with van der Waals surface area (Å²) in [7, 11) is 0. The molecule has 0 aliphatic carbocycles. The number of hydrogen-bond donors (Lipinski definition) is 1. The van der Waals surface area contributed by atoms with Gasteiger partial charge in [0.15, 0.2) is 0 Å². The van der Waals surface area contributed by atoms with Crippen LogP contribution in [0.25, 0.3) is 6.08 Å². The number of carbonyl (C=O) groups excluding carboxylic acids is 1. The molecule has 1 aromatic carbocycles. The number of benzene rings is 1. The lowest BCUT2D eigenvalue weighted by atomic mass is 10.0. The number of carbonyl (C=O) groups is 2. The number of amides is 1. The Kier molecular flexibility index (Phi) is 4.56. The van der Waals surface area contributed by atoms with E-state index < -0.39 is 5.97 Å². The first-order valence-electron chi connectivity index (χ1n) is 6.88. The van der Waals surface area contributed by atoms with Crippen molar-refractivity contribution >= 4 is 18.0 Å². The van der Waals surface area contributed by atoms with Gasteiger partial charge >= 0.3 is 5.97 Å². The summed E-state index contributed by atoms with van der Waals surface area (Å²) in [6.45, 7) is 2.85. The fraction of sp³-hybridized carbons (Fsp3) is 0.375. The molecule has 0 spiro atoms. The van der Waals surface area contributed by atoms with Gasteiger partial charge in [-0.15, -0.1) is 0 Å². The number of aliphatic carboxylic acids is 1. The van der Waals surface area contributed by atoms with Crippen LogP contribution in [0.15, 0.2) is 30.3 Å². The van der Waals surface area contributed by atoms with Crippen molar-refractivity contribution in [2.24, 2.45) is 0 Å². The van der Waals surface area contributed by atoms with E-state index in [-0.39, 0.29) is 11.9 Å². The van der Waals surface area contributed by atoms with Crippen molar-refractivity contribution in [3.8, 4) is 0 Å². The number of carboxylic acids is 1. The lowest BCUT2D eigenvalue weighted by Gasteiger charge is -2.32. The summed E-state index contributed by atoms with van der Waals surface area (Å²) in [6, 6.07) is 7.72. The molecule has 1 saturated heterocycles. The minimum Gasteiger partial charge on any atom is -0.478 e. The Bertz CT molecular complexity index is 519. The van der Waals surface area contributed by atoms with E-state index in [1.807, 2.05) is 36.1 Å². The Labute approximate surface area is 118 Å². The molecular weight excluding hydrogens is 254 g/mol. The van der Waals surface area contributed by atoms with Gasteiger partial charge < -0.3 is 10.0 Å². The monoisotopic (exact) mass is 273 g/mol. The van der Waals surface area contributed by atoms with Crippen LogP contribution in [-0.2, 0) is 9.59 Å². The molecule has 1 heterocycles. The van der Waals surface area contributed by atoms with E-state index in [1.165, 1.54) is 0 Å². The Balaban J connectivity index is 2.08. The molecule has 0 saturated carbocycles. The number of hydrogen-bond acceptors (Lipinski definition) is 2. The van der Waals surface area contributed by atoms with E-state index in [1.54, 1.807) is 6.08 Å². The van der Waals surface area contributed by atoms with Gasteiger partial charge in [0.1, 0.15) is 0 Å². The minimum absolute atomic E-state index is 0.0697. The Morgan fingerprint density at radius 2 is 2.00 bits per heavy atom. The maximum absolute atomic E-state index is 11.9. The zero-order valence-corrected chi connectivity index (χ0v) is 11.6. The highest BCUT2D eigenvalue weighted by molar-refractivity contribution is 5.85. The molecule has 1 aliphatic rings. The number of carboxylic acid groups (broad SMARTS) is 1. The molecule has 2 rings (SSSR count). The summed E-state index contributed by atoms with van der Waals surface area (Å²) in [4.78, 5) is 24.3. The maximum Gasteiger partial charge on any atom is 0.328 e. The van der Waals surface area contributed by atoms with Crippen LogP contribution >= 0.6 is 0 Å². The van der Waals surface area contributed by atoms with Crippen molar-refractivity contribution in [1.82, 2.24) is 4.90 Å². The summed E-state index contributed by atoms with van der Waals surface area (Å²) < 4.78 is 0. The Morgan fingerprint density at radius 1 is 1.30 bits per heavy atom. The van der Waals surface area contributed by atoms with Crippen molar-refractivity contribution in [2.75, 3.05) is 6.54 Å². The van der Waals surface area contributed by atoms with Gasteiger partial charge in [0.25, 0.3) is 0 Å². The SMILES string of the molecule is CC(c1ccc(C=CC(=O)O)cc1)N1CCCCC1=O. The third-order valence-corrected chi connectivity index (χ3v) is 3.66. The normalized spacial score (nSPS) is 17.4. The molecule has 4 nitrogen and oxygen atoms in total. The Hall–Kier alpha value is -2.10. The van der Waals surface area contributed by atoms with Crippen LogP contribution in [0.4, 0.5) is 0 Å². The molecule has 1 N–H and O–H groups in total. The third-order valence-electron chi connectivity index (χ3n) is 3.66. The van der Waals surface area contributed by atoms with Crippen LogP contribution in [0, 0.1) is 0 Å². The molecule has 1 aromatic rings. The van der Waals surface area contributed by atoms with E-state index in [2.05, 4.69) is 0 Å². The predicted molar refractivity (Wildman–Crippen MR) is 77.1 cm³/mol. The van der Waals surface area contributed by atoms with Gasteiger partial charge in [-0.2, -0.15) is 0 Å². The first kappa shape index (κ1) is 14.3. The average molecular weight is 273 g/mol. The van der Waals surface area contributed by atoms with Gasteiger partial charge in [-0.25, -0.2) is 4.79 Å². The lowest BCUT2D eigenvalue weighted by Crippen LogP contribution is -2.37. The molecule has 0 radical (unpaired) electrons. The zero-order valence-electron chi connectivity index (χ0n) is 11.6. The van der Waals surface area contributed by atoms with Gasteiger partial charge in [-0.1, -0.05) is 24.3 Å². The summed E-state index contributed by atoms with van der Waals surface area (Å²) in [6.07, 6.45) is 5.37. The second kappa shape index (κ2) is 6.37. The fourth-order valence-corrected chi connectivity index (χ4v) is 2.47. The van der Waals surface area contributed by atoms with Gasteiger partial charge in [0.05, 0.1) is 6.04 Å². The van der Waals surface area contributed by atoms with E-state index in [4.69, 9.17) is 5.11 Å². The largest absolute Gasteiger partial charge is 0.478 e. The number of likely N-dealkylation sites (tertiary alicyclic amines) is 1. The molecule has 1 amide bonds. The van der Waals surface area contributed by atoms with Crippen LogP contribution < -0.4 is 0 Å². The second-order valence-electron chi connectivity index (χ2n) is 5.06. The summed E-state index contributed by atoms with van der Waals surface area (Å²) in [5, 5.41) is 8.59. The van der Waals surface area contributed by atoms with Crippen molar-refractivity contribution in [3.63, 3.8) is 0 Å². The predicted octanol–water partition coefficient (Wildman–Crippen LogP) is 2.86. The third kappa shape index (κ3) is 3.47. The van der Waals surface area contributed by atoms with Crippen molar-refractivity contribution in [2.45, 2.75) is 32.2 Å². The average Bonchev–Trinajstić information content (AvgIpc) is 2.45. The Morgan fingerprint density at radius 3 is 2.60 bits per heavy atom. The van der Waals surface area contributed by atoms with Crippen molar-refractivity contribution < 1.29 is 14.7 Å². The molecule has 20 heavy (non-hydrogen) atoms. The molecule has 1 atom stereocenters. The first-order chi connectivity index (χ1) is 9.58. The zero-order chi connectivity index (χ0) is 14.5. The van der Waals surface area contributed by atoms with Crippen LogP contribution in [0.5, 0.6) is 0 Å². The van der Waals surface area contributed by atoms with Crippen molar-refractivity contribution in [1.29, 1.82) is 0 Å². The van der Waals surface area contributed by atoms with E-state index >= 15 is 0 Å². The summed E-state index contributed by atoms with van der Waals surface area (Å²) in [5.41, 5.74) is 1.92. The summed E-state index contributed by atoms with van der Waals surface area (Å²) in [5.74, 6) is -0.736. The van der Waals surface area contributed by atoms with Crippen molar-refractivity contribution in [3.05, 3.63) is 41.5 Å². The maximum atomic E-state index is 11.9. The standard InChI is InChI=1S/C16H19NO3/c1-12(17-11-3-2-4-15(17)18)14-8-5-13(6-9-14)7-10-16(19)20/h5-10,12H,2-4,11H2,1H3,(H,19,20). The van der Waals surface area contributed by atoms with Crippen LogP contribution in [0.3, 0.4) is 0 Å². The molecule has 0 aromatic heterocycles. The lowest BCUT2D eigenvalue weighted by molar-refractivity contribution is -0.135. The van der Waals surface area contributed by atoms with E-state index in [0.29, 0.717) is 6.42 Å². The smallest absolute Gasteiger partial charge is 0.328 e. The van der Waals surface area contributed by atoms with Crippen LogP contribution in [-0.4, -0.2) is 28.4 Å². The number of rotatable bonds is 4. The van der Waals surface area contributed by atoms with Gasteiger partial charge in [0.2, 0.25) is 5.91 Å². The molecule has 1 aliphatic heterocycles. The van der Waals surface area contributed by atoms with E-state index in [9.17, 15) is 9.59 Å². The quantitative estimate of drug-likeness (QED) is 0.858. The molecule has 1 unspecified atom stereocenters. The van der Waals surface area contributed by atoms with Gasteiger partial charge in [-0.3, -0.25) is 4.79 Å². The van der Waals surface area contributed by atoms with Gasteiger partial charge in [0, 0.05) is 19.0 Å². The number of piperidine rings is 1. The minimum atomic E-state index is -0.957. The molecule has 106 valence electrons. The van der Waals surface area contributed by atoms with Gasteiger partial charge in [-0.05, 0) is 37.0 Å². The molecule has 0 bridgehead atoms. The highest BCUT2D eigenvalue weighted by atomic mass is 16.4. The molecule has 4 heteroatoms. The second-order valence-corrected chi connectivity index (χ2v) is 5.06.